The van der Waals surface area contributed by atoms with Gasteiger partial charge >= 0.3 is 0 Å². The molecule has 0 radical (unpaired) electrons. The number of rotatable bonds is 2. The van der Waals surface area contributed by atoms with Gasteiger partial charge in [0.15, 0.2) is 4.32 Å². The Bertz CT molecular complexity index is 856. The van der Waals surface area contributed by atoms with Crippen molar-refractivity contribution in [2.24, 2.45) is 0 Å². The fraction of sp³-hybridized carbons (Fsp3) is 0. The van der Waals surface area contributed by atoms with Gasteiger partial charge in [-0.2, -0.15) is 0 Å². The quantitative estimate of drug-likeness (QED) is 0.455. The van der Waals surface area contributed by atoms with Crippen molar-refractivity contribution in [3.05, 3.63) is 68.2 Å². The van der Waals surface area contributed by atoms with E-state index >= 15 is 0 Å². The van der Waals surface area contributed by atoms with Crippen LogP contribution in [0.4, 0.5) is 10.1 Å². The van der Waals surface area contributed by atoms with E-state index in [0.717, 1.165) is 10.0 Å². The van der Waals surface area contributed by atoms with Crippen molar-refractivity contribution in [2.45, 2.75) is 0 Å². The highest BCUT2D eigenvalue weighted by atomic mass is 79.9. The van der Waals surface area contributed by atoms with Gasteiger partial charge in [-0.25, -0.2) is 4.39 Å². The number of hydrogen-bond donors (Lipinski definition) is 0. The first-order valence-corrected chi connectivity index (χ1v) is 8.84. The van der Waals surface area contributed by atoms with Crippen molar-refractivity contribution in [1.29, 1.82) is 0 Å². The molecule has 1 heterocycles. The molecular formula is C16H8BrClFNOS2. The van der Waals surface area contributed by atoms with Gasteiger partial charge in [0.05, 0.1) is 15.6 Å². The van der Waals surface area contributed by atoms with Gasteiger partial charge in [0, 0.05) is 4.47 Å². The topological polar surface area (TPSA) is 20.3 Å². The first-order chi connectivity index (χ1) is 11.0. The molecule has 0 unspecified atom stereocenters. The number of amides is 1. The van der Waals surface area contributed by atoms with E-state index in [2.05, 4.69) is 15.9 Å². The number of thioether (sulfide) groups is 1. The van der Waals surface area contributed by atoms with E-state index in [1.54, 1.807) is 6.08 Å². The summed E-state index contributed by atoms with van der Waals surface area (Å²) in [6.07, 6.45) is 1.77. The molecule has 1 saturated heterocycles. The molecule has 7 heteroatoms. The lowest BCUT2D eigenvalue weighted by Gasteiger charge is -2.14. The van der Waals surface area contributed by atoms with Crippen molar-refractivity contribution < 1.29 is 9.18 Å². The van der Waals surface area contributed by atoms with E-state index in [1.165, 1.54) is 34.9 Å². The Balaban J connectivity index is 1.95. The summed E-state index contributed by atoms with van der Waals surface area (Å²) >= 11 is 15.7. The van der Waals surface area contributed by atoms with E-state index in [-0.39, 0.29) is 10.9 Å². The summed E-state index contributed by atoms with van der Waals surface area (Å²) in [5.41, 5.74) is 1.34. The molecular weight excluding hydrogens is 421 g/mol. The Kier molecular flexibility index (Phi) is 4.87. The largest absolute Gasteiger partial charge is 0.270 e. The summed E-state index contributed by atoms with van der Waals surface area (Å²) in [6, 6.07) is 11.7. The zero-order valence-electron chi connectivity index (χ0n) is 11.4. The molecule has 1 fully saturated rings. The lowest BCUT2D eigenvalue weighted by Crippen LogP contribution is -2.27. The molecule has 3 rings (SSSR count). The average Bonchev–Trinajstić information content (AvgIpc) is 2.77. The molecule has 0 bridgehead atoms. The lowest BCUT2D eigenvalue weighted by molar-refractivity contribution is -0.113. The Morgan fingerprint density at radius 2 is 2.04 bits per heavy atom. The van der Waals surface area contributed by atoms with Crippen LogP contribution in [0, 0.1) is 5.82 Å². The number of carbonyl (C=O) groups excluding carboxylic acids is 1. The van der Waals surface area contributed by atoms with Crippen LogP contribution in [0.3, 0.4) is 0 Å². The predicted octanol–water partition coefficient (Wildman–Crippen LogP) is 5.65. The highest BCUT2D eigenvalue weighted by Gasteiger charge is 2.33. The molecule has 0 saturated carbocycles. The van der Waals surface area contributed by atoms with Gasteiger partial charge in [0.2, 0.25) is 0 Å². The number of hydrogen-bond acceptors (Lipinski definition) is 3. The van der Waals surface area contributed by atoms with Crippen LogP contribution in [-0.2, 0) is 4.79 Å². The van der Waals surface area contributed by atoms with Gasteiger partial charge in [-0.05, 0) is 42.0 Å². The third kappa shape index (κ3) is 3.50. The van der Waals surface area contributed by atoms with Crippen molar-refractivity contribution in [3.63, 3.8) is 0 Å². The molecule has 2 aromatic carbocycles. The first-order valence-electron chi connectivity index (χ1n) is 6.44. The van der Waals surface area contributed by atoms with Crippen LogP contribution < -0.4 is 4.90 Å². The number of thiocarbonyl (C=S) groups is 1. The Morgan fingerprint density at radius 3 is 2.74 bits per heavy atom. The highest BCUT2D eigenvalue weighted by Crippen LogP contribution is 2.37. The molecule has 0 N–H and O–H groups in total. The van der Waals surface area contributed by atoms with Crippen molar-refractivity contribution in [2.75, 3.05) is 4.90 Å². The highest BCUT2D eigenvalue weighted by molar-refractivity contribution is 9.10. The first kappa shape index (κ1) is 16.6. The summed E-state index contributed by atoms with van der Waals surface area (Å²) in [4.78, 5) is 14.5. The number of benzene rings is 2. The van der Waals surface area contributed by atoms with Crippen molar-refractivity contribution >= 4 is 73.5 Å². The summed E-state index contributed by atoms with van der Waals surface area (Å²) in [5.74, 6) is -0.784. The molecule has 0 atom stereocenters. The van der Waals surface area contributed by atoms with Gasteiger partial charge < -0.3 is 0 Å². The Labute approximate surface area is 155 Å². The summed E-state index contributed by atoms with van der Waals surface area (Å²) in [6.45, 7) is 0. The minimum absolute atomic E-state index is 0.0486. The third-order valence-corrected chi connectivity index (χ3v) is 5.19. The second-order valence-electron chi connectivity index (χ2n) is 4.67. The predicted molar refractivity (Wildman–Crippen MR) is 101 cm³/mol. The number of nitrogens with zero attached hydrogens (tertiary/aromatic N) is 1. The second kappa shape index (κ2) is 6.73. The summed E-state index contributed by atoms with van der Waals surface area (Å²) in [7, 11) is 0. The van der Waals surface area contributed by atoms with Crippen LogP contribution in [0.15, 0.2) is 51.8 Å². The van der Waals surface area contributed by atoms with Gasteiger partial charge in [0.25, 0.3) is 5.91 Å². The fourth-order valence-electron chi connectivity index (χ4n) is 2.06. The van der Waals surface area contributed by atoms with Gasteiger partial charge in [-0.1, -0.05) is 63.6 Å². The van der Waals surface area contributed by atoms with E-state index in [1.807, 2.05) is 24.3 Å². The smallest absolute Gasteiger partial charge is 0.268 e. The van der Waals surface area contributed by atoms with Gasteiger partial charge in [0.1, 0.15) is 5.82 Å². The van der Waals surface area contributed by atoms with E-state index in [0.29, 0.717) is 14.9 Å². The average molecular weight is 429 g/mol. The third-order valence-electron chi connectivity index (χ3n) is 3.10. The molecule has 2 aromatic rings. The van der Waals surface area contributed by atoms with E-state index in [4.69, 9.17) is 23.8 Å². The number of carbonyl (C=O) groups is 1. The van der Waals surface area contributed by atoms with Crippen molar-refractivity contribution in [1.82, 2.24) is 0 Å². The van der Waals surface area contributed by atoms with Crippen LogP contribution >= 0.6 is 51.5 Å². The number of halogens is 3. The SMILES string of the molecule is O=C1/C(=C\c2cccc(Br)c2)SC(=S)N1c1ccc(F)c(Cl)c1. The molecule has 1 aliphatic rings. The number of anilines is 1. The van der Waals surface area contributed by atoms with E-state index in [9.17, 15) is 9.18 Å². The monoisotopic (exact) mass is 427 g/mol. The van der Waals surface area contributed by atoms with Crippen LogP contribution in [0.5, 0.6) is 0 Å². The summed E-state index contributed by atoms with van der Waals surface area (Å²) < 4.78 is 14.6. The lowest BCUT2D eigenvalue weighted by atomic mass is 10.2. The zero-order valence-corrected chi connectivity index (χ0v) is 15.4. The minimum Gasteiger partial charge on any atom is -0.268 e. The van der Waals surface area contributed by atoms with Crippen LogP contribution in [0.25, 0.3) is 6.08 Å². The molecule has 0 spiro atoms. The molecule has 1 amide bonds. The maximum atomic E-state index is 13.3. The van der Waals surface area contributed by atoms with Crippen LogP contribution in [0.2, 0.25) is 5.02 Å². The minimum atomic E-state index is -0.537. The normalized spacial score (nSPS) is 16.5. The maximum absolute atomic E-state index is 13.3. The molecule has 1 aliphatic heterocycles. The van der Waals surface area contributed by atoms with Crippen molar-refractivity contribution in [3.8, 4) is 0 Å². The standard InChI is InChI=1S/C16H8BrClFNOS2/c17-10-3-1-2-9(6-10)7-14-15(21)20(16(22)23-14)11-4-5-13(19)12(18)8-11/h1-8H/b14-7+. The Morgan fingerprint density at radius 1 is 1.26 bits per heavy atom. The van der Waals surface area contributed by atoms with Gasteiger partial charge in [-0.3, -0.25) is 9.69 Å². The fourth-order valence-corrected chi connectivity index (χ4v) is 3.95. The molecule has 0 aromatic heterocycles. The van der Waals surface area contributed by atoms with E-state index < -0.39 is 5.82 Å². The zero-order chi connectivity index (χ0) is 16.6. The molecule has 0 aliphatic carbocycles. The molecule has 23 heavy (non-hydrogen) atoms. The Hall–Kier alpha value is -1.21. The van der Waals surface area contributed by atoms with Crippen LogP contribution in [0.1, 0.15) is 5.56 Å². The summed E-state index contributed by atoms with van der Waals surface area (Å²) in [5, 5.41) is -0.0486. The van der Waals surface area contributed by atoms with Gasteiger partial charge in [-0.15, -0.1) is 0 Å². The molecule has 116 valence electrons. The molecule has 2 nitrogen and oxygen atoms in total. The second-order valence-corrected chi connectivity index (χ2v) is 7.67. The maximum Gasteiger partial charge on any atom is 0.270 e. The van der Waals surface area contributed by atoms with Crippen LogP contribution in [-0.4, -0.2) is 10.2 Å².